The Balaban J connectivity index is 1.34. The molecular formula is C25H32F3N3O2S. The zero-order chi connectivity index (χ0) is 24.8. The second-order valence-electron chi connectivity index (χ2n) is 9.07. The van der Waals surface area contributed by atoms with Gasteiger partial charge in [0.15, 0.2) is 0 Å². The first kappa shape index (κ1) is 26.2. The summed E-state index contributed by atoms with van der Waals surface area (Å²) in [6.07, 6.45) is 0.309. The van der Waals surface area contributed by atoms with E-state index in [1.807, 2.05) is 0 Å². The second kappa shape index (κ2) is 11.4. The lowest BCUT2D eigenvalue weighted by molar-refractivity contribution is -0.137. The van der Waals surface area contributed by atoms with Crippen LogP contribution in [0.4, 0.5) is 13.2 Å². The lowest BCUT2D eigenvalue weighted by Crippen LogP contribution is -2.48. The average molecular weight is 496 g/mol. The maximum Gasteiger partial charge on any atom is 0.416 e. The molecule has 2 N–H and O–H groups in total. The van der Waals surface area contributed by atoms with Gasteiger partial charge in [0.2, 0.25) is 11.8 Å². The van der Waals surface area contributed by atoms with E-state index in [2.05, 4.69) is 47.1 Å². The second-order valence-corrected chi connectivity index (χ2v) is 10.0. The Hall–Kier alpha value is -2.39. The average Bonchev–Trinajstić information content (AvgIpc) is 3.33. The first-order valence-electron chi connectivity index (χ1n) is 11.5. The number of halogens is 3. The number of rotatable bonds is 9. The van der Waals surface area contributed by atoms with Gasteiger partial charge in [0, 0.05) is 30.3 Å². The number of carbonyl (C=O) groups excluding carboxylic acids is 2. The molecule has 1 heterocycles. The number of amides is 2. The van der Waals surface area contributed by atoms with Gasteiger partial charge in [-0.15, -0.1) is 11.3 Å². The molecule has 1 aliphatic carbocycles. The third-order valence-corrected chi connectivity index (χ3v) is 7.66. The number of nitrogens with zero attached hydrogens (tertiary/aromatic N) is 1. The SMILES string of the molecule is CN(C)C1(c2cccs2)CCC(NC(=O)CCCC(=O)NCc2ccc(C(F)(F)F)cc2)CC1. The van der Waals surface area contributed by atoms with Crippen LogP contribution in [-0.2, 0) is 27.8 Å². The van der Waals surface area contributed by atoms with Crippen molar-refractivity contribution in [2.45, 2.75) is 69.2 Å². The van der Waals surface area contributed by atoms with Crippen molar-refractivity contribution in [1.29, 1.82) is 0 Å². The zero-order valence-electron chi connectivity index (χ0n) is 19.6. The van der Waals surface area contributed by atoms with Crippen LogP contribution in [0, 0.1) is 0 Å². The molecule has 1 saturated carbocycles. The van der Waals surface area contributed by atoms with Gasteiger partial charge in [-0.3, -0.25) is 14.5 Å². The third kappa shape index (κ3) is 6.82. The number of hydrogen-bond acceptors (Lipinski definition) is 4. The van der Waals surface area contributed by atoms with Crippen molar-refractivity contribution in [1.82, 2.24) is 15.5 Å². The predicted molar refractivity (Wildman–Crippen MR) is 127 cm³/mol. The molecule has 186 valence electrons. The van der Waals surface area contributed by atoms with Crippen LogP contribution >= 0.6 is 11.3 Å². The molecule has 0 radical (unpaired) electrons. The molecule has 1 fully saturated rings. The number of carbonyl (C=O) groups is 2. The molecule has 3 rings (SSSR count). The van der Waals surface area contributed by atoms with Crippen molar-refractivity contribution in [2.75, 3.05) is 14.1 Å². The van der Waals surface area contributed by atoms with Crippen molar-refractivity contribution < 1.29 is 22.8 Å². The Morgan fingerprint density at radius 1 is 1.06 bits per heavy atom. The normalized spacial score (nSPS) is 20.8. The molecule has 1 aliphatic rings. The van der Waals surface area contributed by atoms with Gasteiger partial charge in [-0.1, -0.05) is 18.2 Å². The van der Waals surface area contributed by atoms with E-state index in [4.69, 9.17) is 0 Å². The predicted octanol–water partition coefficient (Wildman–Crippen LogP) is 5.07. The highest BCUT2D eigenvalue weighted by Gasteiger charge is 2.39. The molecule has 2 aromatic rings. The van der Waals surface area contributed by atoms with E-state index in [-0.39, 0.29) is 42.8 Å². The smallest absolute Gasteiger partial charge is 0.353 e. The van der Waals surface area contributed by atoms with E-state index in [1.54, 1.807) is 11.3 Å². The Labute approximate surface area is 202 Å². The fourth-order valence-corrected chi connectivity index (χ4v) is 5.57. The lowest BCUT2D eigenvalue weighted by Gasteiger charge is -2.44. The molecular weight excluding hydrogens is 463 g/mol. The number of hydrogen-bond donors (Lipinski definition) is 2. The van der Waals surface area contributed by atoms with Crippen LogP contribution in [0.2, 0.25) is 0 Å². The fraction of sp³-hybridized carbons (Fsp3) is 0.520. The standard InChI is InChI=1S/C25H32F3N3O2S/c1-31(2)24(21-5-4-16-34-21)14-12-20(13-15-24)30-23(33)7-3-6-22(32)29-17-18-8-10-19(11-9-18)25(26,27)28/h4-5,8-11,16,20H,3,6-7,12-15,17H2,1-2H3,(H,29,32)(H,30,33). The van der Waals surface area contributed by atoms with E-state index in [1.165, 1.54) is 17.0 Å². The summed E-state index contributed by atoms with van der Waals surface area (Å²) in [6, 6.07) is 9.12. The van der Waals surface area contributed by atoms with Crippen LogP contribution in [0.15, 0.2) is 41.8 Å². The van der Waals surface area contributed by atoms with Gasteiger partial charge < -0.3 is 10.6 Å². The topological polar surface area (TPSA) is 61.4 Å². The maximum atomic E-state index is 12.6. The highest BCUT2D eigenvalue weighted by atomic mass is 32.1. The van der Waals surface area contributed by atoms with Crippen LogP contribution in [0.5, 0.6) is 0 Å². The van der Waals surface area contributed by atoms with Crippen LogP contribution in [0.1, 0.15) is 60.9 Å². The van der Waals surface area contributed by atoms with E-state index < -0.39 is 11.7 Å². The van der Waals surface area contributed by atoms with Gasteiger partial charge >= 0.3 is 6.18 Å². The first-order valence-corrected chi connectivity index (χ1v) is 12.4. The molecule has 1 aromatic heterocycles. The summed E-state index contributed by atoms with van der Waals surface area (Å²) >= 11 is 1.78. The van der Waals surface area contributed by atoms with E-state index in [9.17, 15) is 22.8 Å². The molecule has 9 heteroatoms. The highest BCUT2D eigenvalue weighted by Crippen LogP contribution is 2.43. The van der Waals surface area contributed by atoms with Crippen LogP contribution < -0.4 is 10.6 Å². The van der Waals surface area contributed by atoms with Gasteiger partial charge in [0.25, 0.3) is 0 Å². The first-order chi connectivity index (χ1) is 16.1. The monoisotopic (exact) mass is 495 g/mol. The van der Waals surface area contributed by atoms with Crippen molar-refractivity contribution in [2.24, 2.45) is 0 Å². The lowest BCUT2D eigenvalue weighted by atomic mass is 9.77. The van der Waals surface area contributed by atoms with Crippen LogP contribution in [0.25, 0.3) is 0 Å². The molecule has 0 unspecified atom stereocenters. The zero-order valence-corrected chi connectivity index (χ0v) is 20.4. The van der Waals surface area contributed by atoms with E-state index in [0.717, 1.165) is 37.8 Å². The van der Waals surface area contributed by atoms with Gasteiger partial charge in [-0.2, -0.15) is 13.2 Å². The van der Waals surface area contributed by atoms with Gasteiger partial charge in [0.05, 0.1) is 11.1 Å². The van der Waals surface area contributed by atoms with Crippen molar-refractivity contribution in [3.05, 3.63) is 57.8 Å². The molecule has 0 spiro atoms. The Morgan fingerprint density at radius 3 is 2.26 bits per heavy atom. The quantitative estimate of drug-likeness (QED) is 0.511. The summed E-state index contributed by atoms with van der Waals surface area (Å²) in [7, 11) is 4.22. The van der Waals surface area contributed by atoms with Gasteiger partial charge in [-0.25, -0.2) is 0 Å². The maximum absolute atomic E-state index is 12.6. The fourth-order valence-electron chi connectivity index (χ4n) is 4.51. The number of alkyl halides is 3. The molecule has 0 atom stereocenters. The molecule has 2 amide bonds. The Morgan fingerprint density at radius 2 is 1.71 bits per heavy atom. The molecule has 5 nitrogen and oxygen atoms in total. The van der Waals surface area contributed by atoms with Crippen LogP contribution in [-0.4, -0.2) is 36.9 Å². The van der Waals surface area contributed by atoms with E-state index in [0.29, 0.717) is 12.0 Å². The van der Waals surface area contributed by atoms with Gasteiger partial charge in [0.1, 0.15) is 0 Å². The third-order valence-electron chi connectivity index (χ3n) is 6.59. The summed E-state index contributed by atoms with van der Waals surface area (Å²) in [5.74, 6) is -0.272. The Kier molecular flexibility index (Phi) is 8.76. The van der Waals surface area contributed by atoms with Crippen molar-refractivity contribution in [3.63, 3.8) is 0 Å². The molecule has 0 aliphatic heterocycles. The summed E-state index contributed by atoms with van der Waals surface area (Å²) in [5.41, 5.74) is -0.0983. The van der Waals surface area contributed by atoms with E-state index >= 15 is 0 Å². The molecule has 34 heavy (non-hydrogen) atoms. The summed E-state index contributed by atoms with van der Waals surface area (Å²) in [5, 5.41) is 7.91. The molecule has 0 bridgehead atoms. The Bertz CT molecular complexity index is 935. The number of benzene rings is 1. The summed E-state index contributed by atoms with van der Waals surface area (Å²) in [4.78, 5) is 28.1. The molecule has 0 saturated heterocycles. The number of thiophene rings is 1. The molecule has 1 aromatic carbocycles. The number of nitrogens with one attached hydrogen (secondary N) is 2. The minimum Gasteiger partial charge on any atom is -0.353 e. The summed E-state index contributed by atoms with van der Waals surface area (Å²) in [6.45, 7) is 0.156. The van der Waals surface area contributed by atoms with Crippen LogP contribution in [0.3, 0.4) is 0 Å². The van der Waals surface area contributed by atoms with Crippen molar-refractivity contribution >= 4 is 23.2 Å². The highest BCUT2D eigenvalue weighted by molar-refractivity contribution is 7.10. The summed E-state index contributed by atoms with van der Waals surface area (Å²) < 4.78 is 37.8. The minimum atomic E-state index is -4.38. The van der Waals surface area contributed by atoms with Crippen molar-refractivity contribution in [3.8, 4) is 0 Å². The largest absolute Gasteiger partial charge is 0.416 e. The minimum absolute atomic E-state index is 0.0283. The van der Waals surface area contributed by atoms with Gasteiger partial charge in [-0.05, 0) is 75.3 Å².